The average Bonchev–Trinajstić information content (AvgIpc) is 3.10. The average molecular weight is 333 g/mol. The third-order valence-corrected chi connectivity index (χ3v) is 3.45. The van der Waals surface area contributed by atoms with Crippen LogP contribution in [0.4, 0.5) is 0 Å². The van der Waals surface area contributed by atoms with Crippen LogP contribution >= 0.6 is 0 Å². The predicted octanol–water partition coefficient (Wildman–Crippen LogP) is 1.81. The Hall–Kier alpha value is -2.43. The number of rotatable bonds is 6. The molecular weight excluding hydrogens is 314 g/mol. The summed E-state index contributed by atoms with van der Waals surface area (Å²) < 4.78 is 20.7. The molecule has 1 aromatic carbocycles. The fourth-order valence-corrected chi connectivity index (χ4v) is 2.42. The maximum atomic E-state index is 12.2. The first-order chi connectivity index (χ1) is 11.6. The minimum atomic E-state index is -1.29. The van der Waals surface area contributed by atoms with Crippen LogP contribution in [0.1, 0.15) is 42.7 Å². The van der Waals surface area contributed by atoms with Crippen LogP contribution in [0.2, 0.25) is 0 Å². The fraction of sp³-hybridized carbons (Fsp3) is 0.471. The van der Waals surface area contributed by atoms with Crippen molar-refractivity contribution in [3.8, 4) is 6.07 Å². The normalized spacial score (nSPS) is 14.4. The molecule has 1 saturated heterocycles. The molecule has 0 atom stereocenters. The minimum absolute atomic E-state index is 0.123. The Morgan fingerprint density at radius 1 is 1.21 bits per heavy atom. The number of hydrogen-bond acceptors (Lipinski definition) is 7. The summed E-state index contributed by atoms with van der Waals surface area (Å²) in [6.07, 6.45) is -0.546. The highest BCUT2D eigenvalue weighted by Gasteiger charge is 2.34. The third kappa shape index (κ3) is 3.91. The van der Waals surface area contributed by atoms with Crippen LogP contribution in [0.15, 0.2) is 18.2 Å². The lowest BCUT2D eigenvalue weighted by molar-refractivity contribution is -0.156. The van der Waals surface area contributed by atoms with Crippen LogP contribution < -0.4 is 0 Å². The largest absolute Gasteiger partial charge is 0.465 e. The van der Waals surface area contributed by atoms with Crippen molar-refractivity contribution in [3.05, 3.63) is 34.9 Å². The first-order valence-electron chi connectivity index (χ1n) is 7.72. The molecule has 0 aromatic heterocycles. The predicted molar refractivity (Wildman–Crippen MR) is 81.8 cm³/mol. The van der Waals surface area contributed by atoms with Gasteiger partial charge in [-0.15, -0.1) is 0 Å². The quantitative estimate of drug-likeness (QED) is 0.579. The summed E-state index contributed by atoms with van der Waals surface area (Å²) in [7, 11) is 0. The van der Waals surface area contributed by atoms with Crippen molar-refractivity contribution < 1.29 is 28.5 Å². The standard InChI is InChI=1S/C17H19NO6/c1-3-21-15(19)14(16(20)22-4-2)13-6-5-11(9-12(13)10-18)17-23-7-8-24-17/h5-6,9,14,17H,3-4,7-8H2,1-2H3. The van der Waals surface area contributed by atoms with E-state index in [-0.39, 0.29) is 24.3 Å². The molecule has 0 radical (unpaired) electrons. The maximum absolute atomic E-state index is 12.2. The van der Waals surface area contributed by atoms with E-state index in [2.05, 4.69) is 0 Å². The molecule has 128 valence electrons. The number of carbonyl (C=O) groups excluding carboxylic acids is 2. The van der Waals surface area contributed by atoms with Gasteiger partial charge in [-0.25, -0.2) is 0 Å². The number of nitrogens with zero attached hydrogens (tertiary/aromatic N) is 1. The molecule has 1 aliphatic rings. The Bertz CT molecular complexity index is 627. The van der Waals surface area contributed by atoms with E-state index >= 15 is 0 Å². The Labute approximate surface area is 140 Å². The molecule has 24 heavy (non-hydrogen) atoms. The number of esters is 2. The number of hydrogen-bond donors (Lipinski definition) is 0. The smallest absolute Gasteiger partial charge is 0.324 e. The summed E-state index contributed by atoms with van der Waals surface area (Å²) in [4.78, 5) is 24.4. The van der Waals surface area contributed by atoms with Crippen LogP contribution in [0.25, 0.3) is 0 Å². The highest BCUT2D eigenvalue weighted by molar-refractivity contribution is 6.01. The molecule has 0 N–H and O–H groups in total. The number of carbonyl (C=O) groups is 2. The van der Waals surface area contributed by atoms with Gasteiger partial charge >= 0.3 is 11.9 Å². The van der Waals surface area contributed by atoms with Gasteiger partial charge in [-0.2, -0.15) is 5.26 Å². The highest BCUT2D eigenvalue weighted by atomic mass is 16.7. The molecule has 0 amide bonds. The van der Waals surface area contributed by atoms with E-state index in [4.69, 9.17) is 18.9 Å². The maximum Gasteiger partial charge on any atom is 0.324 e. The zero-order valence-electron chi connectivity index (χ0n) is 13.6. The van der Waals surface area contributed by atoms with Crippen molar-refractivity contribution in [2.45, 2.75) is 26.1 Å². The van der Waals surface area contributed by atoms with Gasteiger partial charge in [0, 0.05) is 5.56 Å². The second-order valence-electron chi connectivity index (χ2n) is 4.97. The van der Waals surface area contributed by atoms with E-state index in [9.17, 15) is 14.9 Å². The van der Waals surface area contributed by atoms with Crippen molar-refractivity contribution in [2.24, 2.45) is 0 Å². The Morgan fingerprint density at radius 3 is 2.29 bits per heavy atom. The molecular formula is C17H19NO6. The molecule has 1 heterocycles. The van der Waals surface area contributed by atoms with E-state index in [0.717, 1.165) is 0 Å². The third-order valence-electron chi connectivity index (χ3n) is 3.45. The van der Waals surface area contributed by atoms with Crippen LogP contribution in [0, 0.1) is 11.3 Å². The summed E-state index contributed by atoms with van der Waals surface area (Å²) in [6.45, 7) is 4.48. The Kier molecular flexibility index (Phi) is 6.29. The fourth-order valence-electron chi connectivity index (χ4n) is 2.42. The van der Waals surface area contributed by atoms with Gasteiger partial charge in [0.25, 0.3) is 0 Å². The zero-order valence-corrected chi connectivity index (χ0v) is 13.6. The van der Waals surface area contributed by atoms with Gasteiger partial charge in [0.15, 0.2) is 12.2 Å². The minimum Gasteiger partial charge on any atom is -0.465 e. The number of benzene rings is 1. The molecule has 1 aromatic rings. The van der Waals surface area contributed by atoms with Gasteiger partial charge in [0.2, 0.25) is 0 Å². The summed E-state index contributed by atoms with van der Waals surface area (Å²) in [6, 6.07) is 6.76. The van der Waals surface area contributed by atoms with Gasteiger partial charge < -0.3 is 18.9 Å². The highest BCUT2D eigenvalue weighted by Crippen LogP contribution is 2.29. The Morgan fingerprint density at radius 2 is 1.79 bits per heavy atom. The van der Waals surface area contributed by atoms with Crippen molar-refractivity contribution in [1.82, 2.24) is 0 Å². The summed E-state index contributed by atoms with van der Waals surface area (Å²) >= 11 is 0. The number of ether oxygens (including phenoxy) is 4. The van der Waals surface area contributed by atoms with Crippen LogP contribution in [0.3, 0.4) is 0 Å². The molecule has 1 aliphatic heterocycles. The van der Waals surface area contributed by atoms with Gasteiger partial charge in [0.05, 0.1) is 38.1 Å². The second kappa shape index (κ2) is 8.43. The number of nitriles is 1. The van der Waals surface area contributed by atoms with E-state index in [0.29, 0.717) is 18.8 Å². The molecule has 1 fully saturated rings. The molecule has 2 rings (SSSR count). The van der Waals surface area contributed by atoms with Crippen molar-refractivity contribution in [1.29, 1.82) is 5.26 Å². The first kappa shape index (κ1) is 17.9. The van der Waals surface area contributed by atoms with Gasteiger partial charge in [-0.1, -0.05) is 12.1 Å². The summed E-state index contributed by atoms with van der Waals surface area (Å²) in [5.41, 5.74) is 1.08. The summed E-state index contributed by atoms with van der Waals surface area (Å²) in [5, 5.41) is 9.42. The molecule has 0 saturated carbocycles. The monoisotopic (exact) mass is 333 g/mol. The van der Waals surface area contributed by atoms with Crippen LogP contribution in [0.5, 0.6) is 0 Å². The lowest BCUT2D eigenvalue weighted by atomic mass is 9.93. The molecule has 0 bridgehead atoms. The topological polar surface area (TPSA) is 94.9 Å². The zero-order chi connectivity index (χ0) is 17.5. The first-order valence-corrected chi connectivity index (χ1v) is 7.72. The van der Waals surface area contributed by atoms with Crippen LogP contribution in [-0.2, 0) is 28.5 Å². The van der Waals surface area contributed by atoms with E-state index in [1.165, 1.54) is 6.07 Å². The van der Waals surface area contributed by atoms with E-state index < -0.39 is 24.1 Å². The molecule has 0 unspecified atom stereocenters. The SMILES string of the molecule is CCOC(=O)C(C(=O)OCC)c1ccc(C2OCCO2)cc1C#N. The van der Waals surface area contributed by atoms with E-state index in [1.54, 1.807) is 26.0 Å². The lowest BCUT2D eigenvalue weighted by Crippen LogP contribution is -2.27. The van der Waals surface area contributed by atoms with Crippen molar-refractivity contribution in [3.63, 3.8) is 0 Å². The Balaban J connectivity index is 2.39. The van der Waals surface area contributed by atoms with Crippen molar-refractivity contribution >= 4 is 11.9 Å². The summed E-state index contributed by atoms with van der Waals surface area (Å²) in [5.74, 6) is -2.78. The lowest BCUT2D eigenvalue weighted by Gasteiger charge is -2.17. The molecule has 7 heteroatoms. The van der Waals surface area contributed by atoms with Gasteiger partial charge in [0.1, 0.15) is 0 Å². The molecule has 7 nitrogen and oxygen atoms in total. The van der Waals surface area contributed by atoms with Gasteiger partial charge in [-0.05, 0) is 25.5 Å². The van der Waals surface area contributed by atoms with E-state index in [1.807, 2.05) is 6.07 Å². The van der Waals surface area contributed by atoms with Gasteiger partial charge in [-0.3, -0.25) is 9.59 Å². The second-order valence-corrected chi connectivity index (χ2v) is 4.97. The molecule has 0 spiro atoms. The van der Waals surface area contributed by atoms with Crippen molar-refractivity contribution in [2.75, 3.05) is 26.4 Å². The molecule has 0 aliphatic carbocycles. The van der Waals surface area contributed by atoms with Crippen LogP contribution in [-0.4, -0.2) is 38.4 Å².